The third kappa shape index (κ3) is 3.15. The highest BCUT2D eigenvalue weighted by atomic mass is 16.3. The molecule has 1 fully saturated rings. The lowest BCUT2D eigenvalue weighted by molar-refractivity contribution is 0.0884. The lowest BCUT2D eigenvalue weighted by atomic mass is 9.82. The maximum atomic E-state index is 10.1. The van der Waals surface area contributed by atoms with E-state index >= 15 is 0 Å². The summed E-state index contributed by atoms with van der Waals surface area (Å²) in [5.41, 5.74) is 7.01. The van der Waals surface area contributed by atoms with Crippen LogP contribution in [0, 0.1) is 5.92 Å². The van der Waals surface area contributed by atoms with Crippen LogP contribution >= 0.6 is 0 Å². The van der Waals surface area contributed by atoms with Crippen LogP contribution in [0.4, 0.5) is 0 Å². The number of para-hydroxylation sites is 1. The molecule has 3 nitrogen and oxygen atoms in total. The van der Waals surface area contributed by atoms with Gasteiger partial charge < -0.3 is 10.8 Å². The van der Waals surface area contributed by atoms with Crippen molar-refractivity contribution in [3.63, 3.8) is 0 Å². The van der Waals surface area contributed by atoms with Crippen LogP contribution < -0.4 is 5.73 Å². The predicted molar refractivity (Wildman–Crippen MR) is 83.7 cm³/mol. The van der Waals surface area contributed by atoms with Crippen molar-refractivity contribution >= 4 is 0 Å². The van der Waals surface area contributed by atoms with Gasteiger partial charge in [-0.05, 0) is 44.8 Å². The Balaban J connectivity index is 2.20. The lowest BCUT2D eigenvalue weighted by Crippen LogP contribution is -2.44. The molecule has 0 amide bonds. The van der Waals surface area contributed by atoms with E-state index < -0.39 is 0 Å². The van der Waals surface area contributed by atoms with Crippen LogP contribution in [0.5, 0.6) is 5.75 Å². The minimum absolute atomic E-state index is 0.272. The first kappa shape index (κ1) is 15.3. The Morgan fingerprint density at radius 3 is 2.65 bits per heavy atom. The third-order valence-electron chi connectivity index (χ3n) is 4.87. The molecule has 0 bridgehead atoms. The zero-order valence-electron chi connectivity index (χ0n) is 12.8. The first-order valence-electron chi connectivity index (χ1n) is 7.88. The molecule has 0 radical (unpaired) electrons. The molecule has 0 heterocycles. The highest BCUT2D eigenvalue weighted by Crippen LogP contribution is 2.36. The number of hydrogen-bond acceptors (Lipinski definition) is 3. The molecule has 20 heavy (non-hydrogen) atoms. The lowest BCUT2D eigenvalue weighted by Gasteiger charge is -2.41. The largest absolute Gasteiger partial charge is 0.508 e. The molecule has 1 aromatic rings. The molecule has 3 N–H and O–H groups in total. The summed E-state index contributed by atoms with van der Waals surface area (Å²) in [6.07, 6.45) is 6.06. The number of benzene rings is 1. The highest BCUT2D eigenvalue weighted by Gasteiger charge is 2.31. The van der Waals surface area contributed by atoms with Crippen molar-refractivity contribution in [3.05, 3.63) is 29.8 Å². The van der Waals surface area contributed by atoms with E-state index in [1.165, 1.54) is 25.7 Å². The Bertz CT molecular complexity index is 421. The summed E-state index contributed by atoms with van der Waals surface area (Å²) in [6.45, 7) is 2.96. The van der Waals surface area contributed by atoms with E-state index in [2.05, 4.69) is 18.9 Å². The monoisotopic (exact) mass is 276 g/mol. The second-order valence-corrected chi connectivity index (χ2v) is 6.00. The van der Waals surface area contributed by atoms with E-state index in [9.17, 15) is 5.11 Å². The minimum Gasteiger partial charge on any atom is -0.508 e. The maximum absolute atomic E-state index is 10.1. The average Bonchev–Trinajstić information content (AvgIpc) is 2.49. The predicted octanol–water partition coefficient (Wildman–Crippen LogP) is 3.29. The molecule has 3 atom stereocenters. The summed E-state index contributed by atoms with van der Waals surface area (Å²) in [5.74, 6) is 1.000. The van der Waals surface area contributed by atoms with Crippen LogP contribution in [0.15, 0.2) is 24.3 Å². The van der Waals surface area contributed by atoms with Gasteiger partial charge in [-0.15, -0.1) is 0 Å². The number of phenolic OH excluding ortho intramolecular Hbond substituents is 1. The van der Waals surface area contributed by atoms with Crippen LogP contribution in [0.1, 0.15) is 50.6 Å². The van der Waals surface area contributed by atoms with E-state index in [1.807, 2.05) is 18.2 Å². The number of aromatic hydroxyl groups is 1. The SMILES string of the molecule is CCC(c1ccccc1O)N(C)C1CCCCC1CN. The molecule has 3 unspecified atom stereocenters. The second-order valence-electron chi connectivity index (χ2n) is 6.00. The van der Waals surface area contributed by atoms with E-state index in [4.69, 9.17) is 5.73 Å². The summed E-state index contributed by atoms with van der Waals surface area (Å²) in [5, 5.41) is 10.1. The summed E-state index contributed by atoms with van der Waals surface area (Å²) in [7, 11) is 2.19. The smallest absolute Gasteiger partial charge is 0.120 e. The van der Waals surface area contributed by atoms with Gasteiger partial charge in [0, 0.05) is 17.6 Å². The third-order valence-corrected chi connectivity index (χ3v) is 4.87. The number of hydrogen-bond donors (Lipinski definition) is 2. The van der Waals surface area contributed by atoms with Crippen molar-refractivity contribution in [2.24, 2.45) is 11.7 Å². The van der Waals surface area contributed by atoms with Crippen molar-refractivity contribution in [3.8, 4) is 5.75 Å². The molecule has 2 rings (SSSR count). The minimum atomic E-state index is 0.272. The molecule has 112 valence electrons. The molecule has 1 aliphatic rings. The Morgan fingerprint density at radius 1 is 1.30 bits per heavy atom. The number of phenols is 1. The van der Waals surface area contributed by atoms with Crippen molar-refractivity contribution in [1.82, 2.24) is 4.90 Å². The van der Waals surface area contributed by atoms with Gasteiger partial charge in [0.05, 0.1) is 0 Å². The molecule has 0 spiro atoms. The van der Waals surface area contributed by atoms with Crippen molar-refractivity contribution in [1.29, 1.82) is 0 Å². The molecule has 3 heteroatoms. The Morgan fingerprint density at radius 2 is 2.00 bits per heavy atom. The topological polar surface area (TPSA) is 49.5 Å². The standard InChI is InChI=1S/C17H28N2O/c1-3-15(14-9-5-7-11-17(14)20)19(2)16-10-6-4-8-13(16)12-18/h5,7,9,11,13,15-16,20H,3-4,6,8,10,12,18H2,1-2H3. The average molecular weight is 276 g/mol. The van der Waals surface area contributed by atoms with Gasteiger partial charge in [0.15, 0.2) is 0 Å². The van der Waals surface area contributed by atoms with Gasteiger partial charge in [0.1, 0.15) is 5.75 Å². The van der Waals surface area contributed by atoms with E-state index in [0.29, 0.717) is 17.7 Å². The van der Waals surface area contributed by atoms with Crippen LogP contribution in [-0.2, 0) is 0 Å². The highest BCUT2D eigenvalue weighted by molar-refractivity contribution is 5.34. The van der Waals surface area contributed by atoms with Crippen molar-refractivity contribution < 1.29 is 5.11 Å². The van der Waals surface area contributed by atoms with Crippen LogP contribution in [0.3, 0.4) is 0 Å². The van der Waals surface area contributed by atoms with Gasteiger partial charge >= 0.3 is 0 Å². The Hall–Kier alpha value is -1.06. The number of nitrogens with zero attached hydrogens (tertiary/aromatic N) is 1. The molecule has 0 saturated heterocycles. The molecule has 1 aromatic carbocycles. The molecule has 1 saturated carbocycles. The van der Waals surface area contributed by atoms with Crippen LogP contribution in [-0.4, -0.2) is 29.6 Å². The fraction of sp³-hybridized carbons (Fsp3) is 0.647. The maximum Gasteiger partial charge on any atom is 0.120 e. The van der Waals surface area contributed by atoms with Crippen molar-refractivity contribution in [2.45, 2.75) is 51.1 Å². The number of nitrogens with two attached hydrogens (primary N) is 1. The zero-order valence-corrected chi connectivity index (χ0v) is 12.8. The van der Waals surface area contributed by atoms with E-state index in [1.54, 1.807) is 6.07 Å². The van der Waals surface area contributed by atoms with Gasteiger partial charge in [-0.1, -0.05) is 38.0 Å². The quantitative estimate of drug-likeness (QED) is 0.867. The normalized spacial score (nSPS) is 24.8. The second kappa shape index (κ2) is 7.09. The van der Waals surface area contributed by atoms with E-state index in [0.717, 1.165) is 18.5 Å². The van der Waals surface area contributed by atoms with Gasteiger partial charge in [-0.2, -0.15) is 0 Å². The summed E-state index contributed by atoms with van der Waals surface area (Å²) in [4.78, 5) is 2.45. The van der Waals surface area contributed by atoms with Crippen LogP contribution in [0.2, 0.25) is 0 Å². The summed E-state index contributed by atoms with van der Waals surface area (Å²) < 4.78 is 0. The first-order valence-corrected chi connectivity index (χ1v) is 7.88. The molecule has 0 aromatic heterocycles. The Labute approximate surface area is 122 Å². The molecular formula is C17H28N2O. The fourth-order valence-corrected chi connectivity index (χ4v) is 3.73. The van der Waals surface area contributed by atoms with E-state index in [-0.39, 0.29) is 6.04 Å². The van der Waals surface area contributed by atoms with Gasteiger partial charge in [-0.25, -0.2) is 0 Å². The van der Waals surface area contributed by atoms with Gasteiger partial charge in [-0.3, -0.25) is 4.90 Å². The van der Waals surface area contributed by atoms with Gasteiger partial charge in [0.25, 0.3) is 0 Å². The molecule has 1 aliphatic carbocycles. The number of rotatable bonds is 5. The first-order chi connectivity index (χ1) is 9.69. The van der Waals surface area contributed by atoms with Crippen LogP contribution in [0.25, 0.3) is 0 Å². The van der Waals surface area contributed by atoms with Crippen molar-refractivity contribution in [2.75, 3.05) is 13.6 Å². The molecule has 0 aliphatic heterocycles. The fourth-order valence-electron chi connectivity index (χ4n) is 3.73. The zero-order chi connectivity index (χ0) is 14.5. The molecular weight excluding hydrogens is 248 g/mol. The van der Waals surface area contributed by atoms with Gasteiger partial charge in [0.2, 0.25) is 0 Å². The summed E-state index contributed by atoms with van der Waals surface area (Å²) >= 11 is 0. The Kier molecular flexibility index (Phi) is 5.44. The summed E-state index contributed by atoms with van der Waals surface area (Å²) in [6, 6.07) is 8.53.